The molecule has 0 saturated carbocycles. The molecule has 3 aromatic rings. The Morgan fingerprint density at radius 3 is 2.40 bits per heavy atom. The molecule has 4 amide bonds. The number of aryl methyl sites for hydroxylation is 1. The molecule has 1 saturated heterocycles. The maximum Gasteiger partial charge on any atom is 0.335 e. The second-order valence-corrected chi connectivity index (χ2v) is 7.44. The third-order valence-electron chi connectivity index (χ3n) is 4.56. The van der Waals surface area contributed by atoms with Crippen molar-refractivity contribution < 1.29 is 18.8 Å². The molecule has 2 aromatic carbocycles. The van der Waals surface area contributed by atoms with Gasteiger partial charge in [-0.3, -0.25) is 14.9 Å². The Labute approximate surface area is 181 Å². The van der Waals surface area contributed by atoms with Crippen molar-refractivity contribution in [2.24, 2.45) is 0 Å². The molecule has 150 valence electrons. The predicted octanol–water partition coefficient (Wildman–Crippen LogP) is 5.23. The Kier molecular flexibility index (Phi) is 5.20. The monoisotopic (exact) mass is 440 g/mol. The first-order valence-corrected chi connectivity index (χ1v) is 9.62. The normalized spacial score (nSPS) is 15.6. The van der Waals surface area contributed by atoms with Crippen molar-refractivity contribution in [2.45, 2.75) is 6.92 Å². The van der Waals surface area contributed by atoms with Gasteiger partial charge in [-0.1, -0.05) is 29.3 Å². The summed E-state index contributed by atoms with van der Waals surface area (Å²) in [4.78, 5) is 38.4. The number of urea groups is 1. The van der Waals surface area contributed by atoms with Crippen molar-refractivity contribution in [2.75, 3.05) is 4.90 Å². The van der Waals surface area contributed by atoms with Crippen LogP contribution in [-0.2, 0) is 9.59 Å². The van der Waals surface area contributed by atoms with Gasteiger partial charge in [-0.2, -0.15) is 0 Å². The van der Waals surface area contributed by atoms with Crippen LogP contribution in [0.15, 0.2) is 64.6 Å². The van der Waals surface area contributed by atoms with E-state index in [9.17, 15) is 14.4 Å². The minimum absolute atomic E-state index is 0.233. The first-order chi connectivity index (χ1) is 14.3. The molecule has 2 heterocycles. The van der Waals surface area contributed by atoms with Crippen LogP contribution < -0.4 is 10.2 Å². The fourth-order valence-corrected chi connectivity index (χ4v) is 3.26. The Hall–Kier alpha value is -3.35. The number of imide groups is 2. The highest BCUT2D eigenvalue weighted by Gasteiger charge is 2.37. The number of hydrogen-bond acceptors (Lipinski definition) is 4. The molecule has 6 nitrogen and oxygen atoms in total. The fourth-order valence-electron chi connectivity index (χ4n) is 2.95. The lowest BCUT2D eigenvalue weighted by molar-refractivity contribution is -0.122. The number of benzene rings is 2. The first kappa shape index (κ1) is 19.9. The summed E-state index contributed by atoms with van der Waals surface area (Å²) in [5.41, 5.74) is 1.60. The number of amides is 4. The molecule has 1 N–H and O–H groups in total. The van der Waals surface area contributed by atoms with E-state index in [4.69, 9.17) is 27.6 Å². The van der Waals surface area contributed by atoms with Crippen LogP contribution in [0.2, 0.25) is 10.0 Å². The van der Waals surface area contributed by atoms with Gasteiger partial charge in [0.05, 0.1) is 5.69 Å². The molecule has 0 spiro atoms. The van der Waals surface area contributed by atoms with Crippen molar-refractivity contribution >= 4 is 52.8 Å². The minimum atomic E-state index is -0.844. The van der Waals surface area contributed by atoms with Gasteiger partial charge in [-0.05, 0) is 67.1 Å². The van der Waals surface area contributed by atoms with Crippen LogP contribution in [-0.4, -0.2) is 17.8 Å². The summed E-state index contributed by atoms with van der Waals surface area (Å²) in [5.74, 6) is -0.743. The Bertz CT molecular complexity index is 1210. The predicted molar refractivity (Wildman–Crippen MR) is 114 cm³/mol. The number of carbonyl (C=O) groups excluding carboxylic acids is 3. The van der Waals surface area contributed by atoms with Gasteiger partial charge in [0.15, 0.2) is 0 Å². The average molecular weight is 441 g/mol. The van der Waals surface area contributed by atoms with Crippen molar-refractivity contribution in [1.82, 2.24) is 5.32 Å². The second-order valence-electron chi connectivity index (χ2n) is 6.60. The maximum absolute atomic E-state index is 12.9. The third-order valence-corrected chi connectivity index (χ3v) is 5.22. The molecule has 8 heteroatoms. The van der Waals surface area contributed by atoms with Gasteiger partial charge in [0.25, 0.3) is 11.8 Å². The molecule has 0 atom stereocenters. The van der Waals surface area contributed by atoms with E-state index in [2.05, 4.69) is 5.32 Å². The van der Waals surface area contributed by atoms with Crippen LogP contribution >= 0.6 is 23.2 Å². The molecule has 0 bridgehead atoms. The lowest BCUT2D eigenvalue weighted by atomic mass is 10.1. The number of furan rings is 1. The van der Waals surface area contributed by atoms with Crippen LogP contribution in [0.5, 0.6) is 0 Å². The zero-order valence-corrected chi connectivity index (χ0v) is 17.1. The van der Waals surface area contributed by atoms with Crippen molar-refractivity contribution in [1.29, 1.82) is 0 Å². The molecule has 1 aromatic heterocycles. The quantitative estimate of drug-likeness (QED) is 0.446. The summed E-state index contributed by atoms with van der Waals surface area (Å²) in [5, 5.41) is 3.16. The molecule has 30 heavy (non-hydrogen) atoms. The molecule has 1 aliphatic rings. The Morgan fingerprint density at radius 1 is 0.967 bits per heavy atom. The van der Waals surface area contributed by atoms with Crippen LogP contribution in [0.4, 0.5) is 10.5 Å². The topological polar surface area (TPSA) is 79.6 Å². The maximum atomic E-state index is 12.9. The van der Waals surface area contributed by atoms with E-state index in [1.165, 1.54) is 12.1 Å². The molecule has 1 fully saturated rings. The molecule has 1 aliphatic heterocycles. The standard InChI is InChI=1S/C22H14Cl2N2O4/c1-12-2-7-15(10-18(12)24)26-21(28)17(20(27)25-22(26)29)11-16-8-9-19(30-16)13-3-5-14(23)6-4-13/h2-11H,1H3,(H,25,27,29)/b17-11-. The molecule has 0 aliphatic carbocycles. The van der Waals surface area contributed by atoms with Gasteiger partial charge >= 0.3 is 6.03 Å². The molecular weight excluding hydrogens is 427 g/mol. The average Bonchev–Trinajstić information content (AvgIpc) is 3.17. The zero-order chi connectivity index (χ0) is 21.4. The Balaban J connectivity index is 1.67. The van der Waals surface area contributed by atoms with E-state index in [1.807, 2.05) is 0 Å². The summed E-state index contributed by atoms with van der Waals surface area (Å²) in [6.07, 6.45) is 1.30. The summed E-state index contributed by atoms with van der Waals surface area (Å²) in [6, 6.07) is 14.3. The number of nitrogens with one attached hydrogen (secondary N) is 1. The molecule has 4 rings (SSSR count). The number of barbiturate groups is 1. The van der Waals surface area contributed by atoms with Gasteiger partial charge in [-0.15, -0.1) is 0 Å². The fraction of sp³-hybridized carbons (Fsp3) is 0.0455. The largest absolute Gasteiger partial charge is 0.457 e. The van der Waals surface area contributed by atoms with Gasteiger partial charge in [-0.25, -0.2) is 9.69 Å². The molecular formula is C22H14Cl2N2O4. The SMILES string of the molecule is Cc1ccc(N2C(=O)NC(=O)/C(=C/c3ccc(-c4ccc(Cl)cc4)o3)C2=O)cc1Cl. The van der Waals surface area contributed by atoms with Crippen LogP contribution in [0.1, 0.15) is 11.3 Å². The van der Waals surface area contributed by atoms with E-state index in [-0.39, 0.29) is 17.0 Å². The van der Waals surface area contributed by atoms with Crippen LogP contribution in [0.3, 0.4) is 0 Å². The first-order valence-electron chi connectivity index (χ1n) is 8.87. The highest BCUT2D eigenvalue weighted by atomic mass is 35.5. The van der Waals surface area contributed by atoms with Crippen molar-refractivity contribution in [3.05, 3.63) is 81.5 Å². The van der Waals surface area contributed by atoms with Gasteiger partial charge in [0, 0.05) is 15.6 Å². The van der Waals surface area contributed by atoms with Gasteiger partial charge in [0.1, 0.15) is 17.1 Å². The van der Waals surface area contributed by atoms with E-state index >= 15 is 0 Å². The number of hydrogen-bond donors (Lipinski definition) is 1. The number of anilines is 1. The van der Waals surface area contributed by atoms with E-state index in [1.54, 1.807) is 55.5 Å². The zero-order valence-electron chi connectivity index (χ0n) is 15.6. The Morgan fingerprint density at radius 2 is 1.70 bits per heavy atom. The van der Waals surface area contributed by atoms with E-state index in [0.717, 1.165) is 16.0 Å². The number of halogens is 2. The summed E-state index contributed by atoms with van der Waals surface area (Å²) in [6.45, 7) is 1.80. The summed E-state index contributed by atoms with van der Waals surface area (Å²) >= 11 is 12.0. The highest BCUT2D eigenvalue weighted by molar-refractivity contribution is 6.39. The smallest absolute Gasteiger partial charge is 0.335 e. The third kappa shape index (κ3) is 3.75. The number of rotatable bonds is 3. The van der Waals surface area contributed by atoms with Crippen molar-refractivity contribution in [3.63, 3.8) is 0 Å². The summed E-state index contributed by atoms with van der Waals surface area (Å²) in [7, 11) is 0. The second kappa shape index (κ2) is 7.82. The molecule has 0 unspecified atom stereocenters. The van der Waals surface area contributed by atoms with Gasteiger partial charge in [0.2, 0.25) is 0 Å². The lowest BCUT2D eigenvalue weighted by Crippen LogP contribution is -2.54. The van der Waals surface area contributed by atoms with E-state index in [0.29, 0.717) is 15.8 Å². The van der Waals surface area contributed by atoms with E-state index < -0.39 is 17.8 Å². The van der Waals surface area contributed by atoms with Crippen LogP contribution in [0.25, 0.3) is 17.4 Å². The lowest BCUT2D eigenvalue weighted by Gasteiger charge is -2.26. The number of carbonyl (C=O) groups is 3. The highest BCUT2D eigenvalue weighted by Crippen LogP contribution is 2.28. The number of nitrogens with zero attached hydrogens (tertiary/aromatic N) is 1. The molecule has 0 radical (unpaired) electrons. The minimum Gasteiger partial charge on any atom is -0.457 e. The van der Waals surface area contributed by atoms with Crippen molar-refractivity contribution in [3.8, 4) is 11.3 Å². The van der Waals surface area contributed by atoms with Crippen LogP contribution in [0, 0.1) is 6.92 Å². The van der Waals surface area contributed by atoms with Gasteiger partial charge < -0.3 is 4.42 Å². The summed E-state index contributed by atoms with van der Waals surface area (Å²) < 4.78 is 5.74.